The molecule has 9 nitrogen and oxygen atoms in total. The minimum absolute atomic E-state index is 0.0396. The Kier molecular flexibility index (Phi) is 4.63. The Labute approximate surface area is 173 Å². The molecule has 3 aliphatic heterocycles. The summed E-state index contributed by atoms with van der Waals surface area (Å²) >= 11 is 0. The Hall–Kier alpha value is -3.04. The molecule has 1 aromatic heterocycles. The number of hydrogen-bond acceptors (Lipinski definition) is 6. The van der Waals surface area contributed by atoms with Crippen molar-refractivity contribution >= 4 is 17.5 Å². The van der Waals surface area contributed by atoms with Crippen LogP contribution < -0.4 is 5.32 Å². The maximum atomic E-state index is 13.1. The molecule has 3 aliphatic rings. The summed E-state index contributed by atoms with van der Waals surface area (Å²) in [7, 11) is 1.61. The summed E-state index contributed by atoms with van der Waals surface area (Å²) in [4.78, 5) is 31.8. The molecule has 2 fully saturated rings. The Morgan fingerprint density at radius 3 is 2.93 bits per heavy atom. The molecule has 30 heavy (non-hydrogen) atoms. The third-order valence-electron chi connectivity index (χ3n) is 6.08. The van der Waals surface area contributed by atoms with Crippen LogP contribution in [0.2, 0.25) is 0 Å². The molecular formula is C21H23N5O4. The molecule has 5 rings (SSSR count). The quantitative estimate of drug-likeness (QED) is 0.676. The van der Waals surface area contributed by atoms with Crippen molar-refractivity contribution in [2.45, 2.75) is 18.2 Å². The maximum absolute atomic E-state index is 13.1. The van der Waals surface area contributed by atoms with Gasteiger partial charge in [-0.3, -0.25) is 9.59 Å². The molecule has 2 bridgehead atoms. The Balaban J connectivity index is 1.28. The van der Waals surface area contributed by atoms with Gasteiger partial charge in [0, 0.05) is 19.3 Å². The number of hydrogen-bond donors (Lipinski definition) is 1. The highest BCUT2D eigenvalue weighted by Crippen LogP contribution is 2.52. The summed E-state index contributed by atoms with van der Waals surface area (Å²) in [6.45, 7) is 2.03. The Morgan fingerprint density at radius 2 is 2.20 bits per heavy atom. The van der Waals surface area contributed by atoms with E-state index in [1.807, 2.05) is 36.4 Å². The third kappa shape index (κ3) is 3.10. The molecule has 2 saturated heterocycles. The first kappa shape index (κ1) is 19.0. The van der Waals surface area contributed by atoms with Crippen molar-refractivity contribution in [2.24, 2.45) is 11.8 Å². The highest BCUT2D eigenvalue weighted by molar-refractivity contribution is 5.99. The molecule has 4 heterocycles. The van der Waals surface area contributed by atoms with E-state index >= 15 is 0 Å². The predicted molar refractivity (Wildman–Crippen MR) is 106 cm³/mol. The number of ether oxygens (including phenoxy) is 2. The van der Waals surface area contributed by atoms with Gasteiger partial charge in [0.2, 0.25) is 11.8 Å². The fraction of sp³-hybridized carbons (Fsp3) is 0.429. The first-order chi connectivity index (χ1) is 14.6. The van der Waals surface area contributed by atoms with E-state index in [1.54, 1.807) is 23.0 Å². The lowest BCUT2D eigenvalue weighted by molar-refractivity contribution is -0.136. The maximum Gasteiger partial charge on any atom is 0.231 e. The second-order valence-electron chi connectivity index (χ2n) is 7.93. The molecule has 0 aliphatic carbocycles. The number of methoxy groups -OCH3 is 1. The van der Waals surface area contributed by atoms with Gasteiger partial charge in [-0.1, -0.05) is 24.3 Å². The van der Waals surface area contributed by atoms with E-state index in [4.69, 9.17) is 9.47 Å². The first-order valence-corrected chi connectivity index (χ1v) is 9.97. The molecule has 0 unspecified atom stereocenters. The minimum atomic E-state index is -0.695. The van der Waals surface area contributed by atoms with E-state index in [9.17, 15) is 9.59 Å². The lowest BCUT2D eigenvalue weighted by Crippen LogP contribution is -2.41. The average molecular weight is 409 g/mol. The summed E-state index contributed by atoms with van der Waals surface area (Å²) in [6, 6.07) is 7.57. The first-order valence-electron chi connectivity index (χ1n) is 9.97. The molecule has 0 saturated carbocycles. The van der Waals surface area contributed by atoms with Crippen LogP contribution in [0.25, 0.3) is 0 Å². The largest absolute Gasteiger partial charge is 0.383 e. The van der Waals surface area contributed by atoms with Crippen LogP contribution in [-0.2, 0) is 25.6 Å². The van der Waals surface area contributed by atoms with Gasteiger partial charge >= 0.3 is 0 Å². The zero-order valence-electron chi connectivity index (χ0n) is 16.6. The van der Waals surface area contributed by atoms with E-state index in [2.05, 4.69) is 15.4 Å². The van der Waals surface area contributed by atoms with Gasteiger partial charge in [-0.15, -0.1) is 0 Å². The van der Waals surface area contributed by atoms with Crippen LogP contribution >= 0.6 is 0 Å². The lowest BCUT2D eigenvalue weighted by atomic mass is 9.77. The van der Waals surface area contributed by atoms with Gasteiger partial charge in [0.1, 0.15) is 18.3 Å². The number of aromatic nitrogens is 3. The number of nitrogens with zero attached hydrogens (tertiary/aromatic N) is 4. The zero-order chi connectivity index (χ0) is 20.7. The van der Waals surface area contributed by atoms with Crippen LogP contribution in [0.3, 0.4) is 0 Å². The SMILES string of the molecule is COCCN1C[C@@]23C=C[C@@H](O2)[C@H](C(=O)Nc2ccc(Cn4cncn4)cc2)[C@@H]3C1=O. The summed E-state index contributed by atoms with van der Waals surface area (Å²) in [5.74, 6) is -1.26. The molecule has 156 valence electrons. The normalized spacial score (nSPS) is 28.9. The highest BCUT2D eigenvalue weighted by Gasteiger charge is 2.66. The van der Waals surface area contributed by atoms with E-state index < -0.39 is 17.4 Å². The van der Waals surface area contributed by atoms with Crippen molar-refractivity contribution in [1.29, 1.82) is 0 Å². The van der Waals surface area contributed by atoms with Crippen LogP contribution in [0.4, 0.5) is 5.69 Å². The Bertz CT molecular complexity index is 974. The molecular weight excluding hydrogens is 386 g/mol. The minimum Gasteiger partial charge on any atom is -0.383 e. The number of fused-ring (bicyclic) bond motifs is 1. The fourth-order valence-corrected chi connectivity index (χ4v) is 4.69. The average Bonchev–Trinajstić information content (AvgIpc) is 3.51. The van der Waals surface area contributed by atoms with E-state index in [0.29, 0.717) is 31.9 Å². The number of anilines is 1. The molecule has 1 spiro atoms. The van der Waals surface area contributed by atoms with Crippen molar-refractivity contribution in [3.8, 4) is 0 Å². The van der Waals surface area contributed by atoms with Gasteiger partial charge < -0.3 is 19.7 Å². The second kappa shape index (κ2) is 7.33. The molecule has 1 N–H and O–H groups in total. The number of amides is 2. The molecule has 1 aromatic carbocycles. The molecule has 4 atom stereocenters. The van der Waals surface area contributed by atoms with Crippen LogP contribution in [-0.4, -0.2) is 70.0 Å². The number of likely N-dealkylation sites (tertiary alicyclic amines) is 1. The number of carbonyl (C=O) groups excluding carboxylic acids is 2. The Morgan fingerprint density at radius 1 is 1.37 bits per heavy atom. The van der Waals surface area contributed by atoms with E-state index in [-0.39, 0.29) is 17.9 Å². The van der Waals surface area contributed by atoms with Gasteiger partial charge in [0.15, 0.2) is 0 Å². The van der Waals surface area contributed by atoms with Crippen molar-refractivity contribution in [2.75, 3.05) is 32.1 Å². The van der Waals surface area contributed by atoms with Crippen LogP contribution in [0, 0.1) is 11.8 Å². The monoisotopic (exact) mass is 409 g/mol. The van der Waals surface area contributed by atoms with Gasteiger partial charge in [0.25, 0.3) is 0 Å². The number of benzene rings is 1. The van der Waals surface area contributed by atoms with Crippen LogP contribution in [0.15, 0.2) is 49.1 Å². The number of carbonyl (C=O) groups is 2. The summed E-state index contributed by atoms with van der Waals surface area (Å²) in [6.07, 6.45) is 6.65. The van der Waals surface area contributed by atoms with Crippen molar-refractivity contribution in [3.05, 3.63) is 54.6 Å². The van der Waals surface area contributed by atoms with Gasteiger partial charge in [0.05, 0.1) is 37.6 Å². The number of rotatable bonds is 7. The second-order valence-corrected chi connectivity index (χ2v) is 7.93. The topological polar surface area (TPSA) is 98.6 Å². The zero-order valence-corrected chi connectivity index (χ0v) is 16.6. The van der Waals surface area contributed by atoms with Gasteiger partial charge in [-0.05, 0) is 17.7 Å². The molecule has 2 aromatic rings. The lowest BCUT2D eigenvalue weighted by Gasteiger charge is -2.23. The summed E-state index contributed by atoms with van der Waals surface area (Å²) < 4.78 is 13.0. The van der Waals surface area contributed by atoms with E-state index in [0.717, 1.165) is 5.56 Å². The molecule has 0 radical (unpaired) electrons. The smallest absolute Gasteiger partial charge is 0.231 e. The highest BCUT2D eigenvalue weighted by atomic mass is 16.5. The number of nitrogens with one attached hydrogen (secondary N) is 1. The van der Waals surface area contributed by atoms with Gasteiger partial charge in [-0.2, -0.15) is 5.10 Å². The summed E-state index contributed by atoms with van der Waals surface area (Å²) in [5, 5.41) is 7.05. The van der Waals surface area contributed by atoms with Crippen molar-refractivity contribution < 1.29 is 19.1 Å². The standard InChI is InChI=1S/C21H23N5O4/c1-29-9-8-25-11-21-7-6-16(30-21)17(18(21)20(25)28)19(27)24-15-4-2-14(3-5-15)10-26-13-22-12-23-26/h2-7,12-13,16-18H,8-11H2,1H3,(H,24,27)/t16-,17+,18-,21-/m1/s1. The van der Waals surface area contributed by atoms with E-state index in [1.165, 1.54) is 6.33 Å². The van der Waals surface area contributed by atoms with Crippen LogP contribution in [0.1, 0.15) is 5.56 Å². The van der Waals surface area contributed by atoms with Crippen LogP contribution in [0.5, 0.6) is 0 Å². The predicted octanol–water partition coefficient (Wildman–Crippen LogP) is 0.693. The third-order valence-corrected chi connectivity index (χ3v) is 6.08. The molecule has 9 heteroatoms. The molecule has 2 amide bonds. The summed E-state index contributed by atoms with van der Waals surface area (Å²) in [5.41, 5.74) is 1.03. The fourth-order valence-electron chi connectivity index (χ4n) is 4.69. The van der Waals surface area contributed by atoms with Gasteiger partial charge in [-0.25, -0.2) is 9.67 Å². The van der Waals surface area contributed by atoms with Crippen molar-refractivity contribution in [3.63, 3.8) is 0 Å². The van der Waals surface area contributed by atoms with Crippen molar-refractivity contribution in [1.82, 2.24) is 19.7 Å².